The zero-order valence-corrected chi connectivity index (χ0v) is 10.9. The van der Waals surface area contributed by atoms with E-state index in [1.54, 1.807) is 0 Å². The summed E-state index contributed by atoms with van der Waals surface area (Å²) in [6.45, 7) is 7.35. The lowest BCUT2D eigenvalue weighted by molar-refractivity contribution is 0.111. The summed E-state index contributed by atoms with van der Waals surface area (Å²) in [6.07, 6.45) is 4.60. The van der Waals surface area contributed by atoms with Crippen LogP contribution in [0, 0.1) is 5.92 Å². The highest BCUT2D eigenvalue weighted by atomic mass is 32.2. The molecule has 3 heteroatoms. The van der Waals surface area contributed by atoms with E-state index in [0.717, 1.165) is 31.6 Å². The third kappa shape index (κ3) is 10.4. The lowest BCUT2D eigenvalue weighted by Crippen LogP contribution is -2.22. The zero-order chi connectivity index (χ0) is 10.8. The van der Waals surface area contributed by atoms with E-state index in [2.05, 4.69) is 32.1 Å². The minimum absolute atomic E-state index is 0.803. The van der Waals surface area contributed by atoms with Crippen molar-refractivity contribution < 1.29 is 4.74 Å². The average molecular weight is 219 g/mol. The lowest BCUT2D eigenvalue weighted by Gasteiger charge is -2.14. The van der Waals surface area contributed by atoms with E-state index in [1.807, 2.05) is 11.8 Å². The second-order valence-corrected chi connectivity index (χ2v) is 4.98. The van der Waals surface area contributed by atoms with Gasteiger partial charge in [-0.15, -0.1) is 11.8 Å². The van der Waals surface area contributed by atoms with Crippen molar-refractivity contribution in [2.75, 3.05) is 38.9 Å². The molecule has 0 radical (unpaired) electrons. The van der Waals surface area contributed by atoms with E-state index in [9.17, 15) is 0 Å². The Morgan fingerprint density at radius 1 is 1.29 bits per heavy atom. The molecular weight excluding hydrogens is 194 g/mol. The van der Waals surface area contributed by atoms with Crippen LogP contribution in [0.5, 0.6) is 0 Å². The summed E-state index contributed by atoms with van der Waals surface area (Å²) in [5.74, 6) is 1.90. The molecule has 0 aliphatic rings. The molecular formula is C11H25NOS. The Bertz CT molecular complexity index is 120. The first-order valence-electron chi connectivity index (χ1n) is 5.42. The molecule has 0 aliphatic carbocycles. The van der Waals surface area contributed by atoms with Gasteiger partial charge in [0.05, 0.1) is 6.61 Å². The van der Waals surface area contributed by atoms with Crippen LogP contribution in [0.15, 0.2) is 0 Å². The van der Waals surface area contributed by atoms with Crippen LogP contribution in [0.2, 0.25) is 0 Å². The predicted molar refractivity (Wildman–Crippen MR) is 65.9 cm³/mol. The van der Waals surface area contributed by atoms with Gasteiger partial charge < -0.3 is 4.74 Å². The van der Waals surface area contributed by atoms with Crippen LogP contribution in [-0.4, -0.2) is 43.8 Å². The molecule has 0 fully saturated rings. The molecule has 0 saturated heterocycles. The molecule has 0 bridgehead atoms. The highest BCUT2D eigenvalue weighted by Crippen LogP contribution is 2.03. The van der Waals surface area contributed by atoms with Gasteiger partial charge in [-0.05, 0) is 32.1 Å². The molecule has 0 aromatic rings. The maximum Gasteiger partial charge on any atom is 0.0593 e. The summed E-state index contributed by atoms with van der Waals surface area (Å²) in [6, 6.07) is 0. The van der Waals surface area contributed by atoms with E-state index in [0.29, 0.717) is 0 Å². The van der Waals surface area contributed by atoms with Gasteiger partial charge in [-0.1, -0.05) is 13.8 Å². The fourth-order valence-corrected chi connectivity index (χ4v) is 1.77. The quantitative estimate of drug-likeness (QED) is 0.437. The number of nitrogens with zero attached hydrogens (tertiary/aromatic N) is 1. The Morgan fingerprint density at radius 3 is 2.57 bits per heavy atom. The van der Waals surface area contributed by atoms with Crippen LogP contribution in [0.1, 0.15) is 26.7 Å². The van der Waals surface area contributed by atoms with Gasteiger partial charge in [0.2, 0.25) is 0 Å². The van der Waals surface area contributed by atoms with Crippen molar-refractivity contribution in [1.82, 2.24) is 4.90 Å². The molecule has 0 saturated carbocycles. The topological polar surface area (TPSA) is 12.5 Å². The average Bonchev–Trinajstić information content (AvgIpc) is 2.11. The Balaban J connectivity index is 3.05. The minimum Gasteiger partial charge on any atom is -0.380 e. The molecule has 0 N–H and O–H groups in total. The third-order valence-electron chi connectivity index (χ3n) is 2.04. The summed E-state index contributed by atoms with van der Waals surface area (Å²) in [5, 5.41) is 0. The first-order chi connectivity index (χ1) is 6.66. The molecule has 0 amide bonds. The van der Waals surface area contributed by atoms with Crippen molar-refractivity contribution in [2.45, 2.75) is 26.7 Å². The SMILES string of the molecule is CSCN(C)CCOCCCC(C)C. The number of ether oxygens (including phenoxy) is 1. The molecule has 2 nitrogen and oxygen atoms in total. The first kappa shape index (κ1) is 14.3. The summed E-state index contributed by atoms with van der Waals surface area (Å²) in [5.41, 5.74) is 0. The van der Waals surface area contributed by atoms with E-state index >= 15 is 0 Å². The Morgan fingerprint density at radius 2 is 2.00 bits per heavy atom. The second kappa shape index (κ2) is 9.81. The Kier molecular flexibility index (Phi) is 10.0. The van der Waals surface area contributed by atoms with Gasteiger partial charge in [-0.25, -0.2) is 0 Å². The number of hydrogen-bond donors (Lipinski definition) is 0. The largest absolute Gasteiger partial charge is 0.380 e. The fourth-order valence-electron chi connectivity index (χ4n) is 1.20. The van der Waals surface area contributed by atoms with Gasteiger partial charge in [-0.2, -0.15) is 0 Å². The molecule has 14 heavy (non-hydrogen) atoms. The summed E-state index contributed by atoms with van der Waals surface area (Å²) < 4.78 is 5.55. The highest BCUT2D eigenvalue weighted by Gasteiger charge is 1.97. The summed E-state index contributed by atoms with van der Waals surface area (Å²) in [7, 11) is 2.13. The second-order valence-electron chi connectivity index (χ2n) is 4.15. The Labute approximate surface area is 93.4 Å². The van der Waals surface area contributed by atoms with Crippen molar-refractivity contribution in [1.29, 1.82) is 0 Å². The number of thioether (sulfide) groups is 1. The first-order valence-corrected chi connectivity index (χ1v) is 6.81. The summed E-state index contributed by atoms with van der Waals surface area (Å²) >= 11 is 1.85. The van der Waals surface area contributed by atoms with Crippen LogP contribution in [0.25, 0.3) is 0 Å². The smallest absolute Gasteiger partial charge is 0.0593 e. The van der Waals surface area contributed by atoms with Crippen LogP contribution >= 0.6 is 11.8 Å². The molecule has 0 heterocycles. The van der Waals surface area contributed by atoms with Gasteiger partial charge in [0.25, 0.3) is 0 Å². The molecule has 0 aromatic carbocycles. The van der Waals surface area contributed by atoms with Crippen molar-refractivity contribution in [3.8, 4) is 0 Å². The molecule has 0 aliphatic heterocycles. The Hall–Kier alpha value is 0.270. The highest BCUT2D eigenvalue weighted by molar-refractivity contribution is 7.98. The van der Waals surface area contributed by atoms with Crippen LogP contribution in [0.4, 0.5) is 0 Å². The molecule has 0 spiro atoms. The zero-order valence-electron chi connectivity index (χ0n) is 10.1. The van der Waals surface area contributed by atoms with E-state index in [-0.39, 0.29) is 0 Å². The van der Waals surface area contributed by atoms with Gasteiger partial charge in [0.1, 0.15) is 0 Å². The number of hydrogen-bond acceptors (Lipinski definition) is 3. The molecule has 86 valence electrons. The van der Waals surface area contributed by atoms with Crippen molar-refractivity contribution in [3.63, 3.8) is 0 Å². The standard InChI is InChI=1S/C11H25NOS/c1-11(2)6-5-8-13-9-7-12(3)10-14-4/h11H,5-10H2,1-4H3. The third-order valence-corrected chi connectivity index (χ3v) is 2.74. The van der Waals surface area contributed by atoms with Crippen molar-refractivity contribution >= 4 is 11.8 Å². The van der Waals surface area contributed by atoms with Gasteiger partial charge in [-0.3, -0.25) is 4.90 Å². The van der Waals surface area contributed by atoms with Gasteiger partial charge in [0, 0.05) is 19.0 Å². The van der Waals surface area contributed by atoms with E-state index in [1.165, 1.54) is 12.8 Å². The number of likely N-dealkylation sites (N-methyl/N-ethyl adjacent to an activating group) is 1. The summed E-state index contributed by atoms with van der Waals surface area (Å²) in [4.78, 5) is 2.28. The molecule has 0 rings (SSSR count). The molecule has 0 aromatic heterocycles. The van der Waals surface area contributed by atoms with Crippen molar-refractivity contribution in [2.24, 2.45) is 5.92 Å². The maximum atomic E-state index is 5.55. The molecule has 0 atom stereocenters. The predicted octanol–water partition coefficient (Wildman–Crippen LogP) is 2.69. The van der Waals surface area contributed by atoms with Crippen LogP contribution in [-0.2, 0) is 4.74 Å². The van der Waals surface area contributed by atoms with Crippen molar-refractivity contribution in [3.05, 3.63) is 0 Å². The van der Waals surface area contributed by atoms with Gasteiger partial charge in [0.15, 0.2) is 0 Å². The monoisotopic (exact) mass is 219 g/mol. The number of rotatable bonds is 9. The fraction of sp³-hybridized carbons (Fsp3) is 1.00. The van der Waals surface area contributed by atoms with E-state index < -0.39 is 0 Å². The van der Waals surface area contributed by atoms with Crippen LogP contribution in [0.3, 0.4) is 0 Å². The minimum atomic E-state index is 0.803. The van der Waals surface area contributed by atoms with Gasteiger partial charge >= 0.3 is 0 Å². The van der Waals surface area contributed by atoms with E-state index in [4.69, 9.17) is 4.74 Å². The lowest BCUT2D eigenvalue weighted by atomic mass is 10.1. The molecule has 0 unspecified atom stereocenters. The normalized spacial score (nSPS) is 11.6. The van der Waals surface area contributed by atoms with Crippen LogP contribution < -0.4 is 0 Å². The maximum absolute atomic E-state index is 5.55.